The second kappa shape index (κ2) is 14.9. The van der Waals surface area contributed by atoms with Gasteiger partial charge in [0.2, 0.25) is 0 Å². The predicted octanol–water partition coefficient (Wildman–Crippen LogP) is 8.53. The van der Waals surface area contributed by atoms with Crippen LogP contribution < -0.4 is 19.7 Å². The van der Waals surface area contributed by atoms with Gasteiger partial charge < -0.3 is 19.7 Å². The van der Waals surface area contributed by atoms with Gasteiger partial charge in [-0.2, -0.15) is 0 Å². The van der Waals surface area contributed by atoms with Crippen LogP contribution in [0.15, 0.2) is 72.0 Å². The Labute approximate surface area is 229 Å². The molecule has 1 N–H and O–H groups in total. The number of carbonyl (C=O) groups excluding carboxylic acids is 1. The summed E-state index contributed by atoms with van der Waals surface area (Å²) < 4.78 is 11.3. The number of nitrogens with one attached hydrogen (secondary N) is 1. The van der Waals surface area contributed by atoms with Crippen molar-refractivity contribution in [3.8, 4) is 11.5 Å². The Kier molecular flexibility index (Phi) is 11.9. The topological polar surface area (TPSA) is 50.8 Å². The van der Waals surface area contributed by atoms with Crippen molar-refractivity contribution in [2.45, 2.75) is 61.3 Å². The molecule has 0 bridgehead atoms. The van der Waals surface area contributed by atoms with E-state index in [9.17, 15) is 4.79 Å². The highest BCUT2D eigenvalue weighted by atomic mass is 16.5. The molecule has 38 heavy (non-hydrogen) atoms. The molecule has 0 aliphatic heterocycles. The van der Waals surface area contributed by atoms with Gasteiger partial charge in [0, 0.05) is 30.6 Å². The molecule has 5 heteroatoms. The Hall–Kier alpha value is -3.73. The average Bonchev–Trinajstić information content (AvgIpc) is 2.92. The van der Waals surface area contributed by atoms with E-state index in [1.165, 1.54) is 16.7 Å². The third-order valence-electron chi connectivity index (χ3n) is 6.46. The first-order chi connectivity index (χ1) is 18.2. The number of ether oxygens (including phenoxy) is 2. The van der Waals surface area contributed by atoms with Gasteiger partial charge in [-0.05, 0) is 76.3 Å². The van der Waals surface area contributed by atoms with Crippen LogP contribution in [0.5, 0.6) is 11.5 Å². The first-order valence-corrected chi connectivity index (χ1v) is 13.4. The van der Waals surface area contributed by atoms with Crippen molar-refractivity contribution in [1.29, 1.82) is 0 Å². The predicted molar refractivity (Wildman–Crippen MR) is 162 cm³/mol. The molecular formula is C33H44N2O3. The zero-order chi connectivity index (χ0) is 28.2. The molecule has 0 spiro atoms. The van der Waals surface area contributed by atoms with Gasteiger partial charge in [-0.15, -0.1) is 0 Å². The van der Waals surface area contributed by atoms with Crippen molar-refractivity contribution in [1.82, 2.24) is 5.32 Å². The van der Waals surface area contributed by atoms with E-state index in [1.54, 1.807) is 14.2 Å². The third-order valence-corrected chi connectivity index (χ3v) is 6.46. The van der Waals surface area contributed by atoms with Crippen LogP contribution in [0.4, 0.5) is 11.4 Å². The lowest BCUT2D eigenvalue weighted by atomic mass is 9.98. The molecule has 5 nitrogen and oxygen atoms in total. The highest BCUT2D eigenvalue weighted by molar-refractivity contribution is 6.00. The average molecular weight is 517 g/mol. The Bertz CT molecular complexity index is 1210. The molecule has 0 saturated heterocycles. The first kappa shape index (κ1) is 30.5. The summed E-state index contributed by atoms with van der Waals surface area (Å²) in [6.45, 7) is 15.1. The number of carbonyl (C=O) groups is 1. The minimum atomic E-state index is -0.226. The number of anilines is 2. The minimum absolute atomic E-state index is 0.226. The van der Waals surface area contributed by atoms with Crippen LogP contribution >= 0.6 is 0 Å². The number of allylic oxidation sites excluding steroid dienone is 7. The SMILES string of the molecule is C\C=C/C=C(\C=C(/C)CC)c1ccc(N(/C=C(/C)CC)c2cc(OC)c(C(=O)NCC)c(OC)c2)c(C)c1. The summed E-state index contributed by atoms with van der Waals surface area (Å²) in [5.41, 5.74) is 8.29. The van der Waals surface area contributed by atoms with Gasteiger partial charge in [0.05, 0.1) is 19.9 Å². The van der Waals surface area contributed by atoms with Crippen LogP contribution in [0.25, 0.3) is 5.57 Å². The van der Waals surface area contributed by atoms with Gasteiger partial charge in [0.15, 0.2) is 0 Å². The highest BCUT2D eigenvalue weighted by Crippen LogP contribution is 2.39. The summed E-state index contributed by atoms with van der Waals surface area (Å²) in [6.07, 6.45) is 12.6. The number of hydrogen-bond donors (Lipinski definition) is 1. The monoisotopic (exact) mass is 516 g/mol. The fourth-order valence-electron chi connectivity index (χ4n) is 4.01. The molecule has 0 aliphatic rings. The highest BCUT2D eigenvalue weighted by Gasteiger charge is 2.22. The number of nitrogens with zero attached hydrogens (tertiary/aromatic N) is 1. The number of amides is 1. The van der Waals surface area contributed by atoms with E-state index in [0.717, 1.165) is 35.3 Å². The smallest absolute Gasteiger partial charge is 0.258 e. The molecule has 0 aromatic heterocycles. The fraction of sp³-hybridized carbons (Fsp3) is 0.364. The Balaban J connectivity index is 2.74. The van der Waals surface area contributed by atoms with E-state index in [2.05, 4.69) is 87.5 Å². The normalized spacial score (nSPS) is 12.6. The lowest BCUT2D eigenvalue weighted by Crippen LogP contribution is -2.24. The van der Waals surface area contributed by atoms with E-state index in [1.807, 2.05) is 32.1 Å². The van der Waals surface area contributed by atoms with E-state index < -0.39 is 0 Å². The van der Waals surface area contributed by atoms with Gasteiger partial charge in [-0.1, -0.05) is 55.4 Å². The summed E-state index contributed by atoms with van der Waals surface area (Å²) in [6, 6.07) is 10.3. The van der Waals surface area contributed by atoms with Crippen LogP contribution in [0.2, 0.25) is 0 Å². The summed E-state index contributed by atoms with van der Waals surface area (Å²) in [5, 5.41) is 2.85. The molecule has 0 radical (unpaired) electrons. The van der Waals surface area contributed by atoms with Crippen LogP contribution in [-0.4, -0.2) is 26.7 Å². The molecule has 0 fully saturated rings. The lowest BCUT2D eigenvalue weighted by molar-refractivity contribution is 0.0949. The maximum atomic E-state index is 12.8. The van der Waals surface area contributed by atoms with E-state index in [0.29, 0.717) is 23.6 Å². The molecule has 2 aromatic carbocycles. The molecule has 1 amide bonds. The molecule has 0 atom stereocenters. The van der Waals surface area contributed by atoms with Gasteiger partial charge in [0.25, 0.3) is 5.91 Å². The van der Waals surface area contributed by atoms with Crippen LogP contribution in [0.3, 0.4) is 0 Å². The lowest BCUT2D eigenvalue weighted by Gasteiger charge is -2.26. The van der Waals surface area contributed by atoms with Crippen LogP contribution in [0.1, 0.15) is 75.9 Å². The Morgan fingerprint density at radius 2 is 1.61 bits per heavy atom. The molecule has 2 rings (SSSR count). The van der Waals surface area contributed by atoms with Gasteiger partial charge >= 0.3 is 0 Å². The summed E-state index contributed by atoms with van der Waals surface area (Å²) in [7, 11) is 3.15. The van der Waals surface area contributed by atoms with Crippen molar-refractivity contribution in [3.05, 3.63) is 88.7 Å². The van der Waals surface area contributed by atoms with Crippen molar-refractivity contribution in [3.63, 3.8) is 0 Å². The maximum absolute atomic E-state index is 12.8. The zero-order valence-corrected chi connectivity index (χ0v) is 24.6. The number of benzene rings is 2. The van der Waals surface area contributed by atoms with Crippen molar-refractivity contribution in [2.24, 2.45) is 0 Å². The summed E-state index contributed by atoms with van der Waals surface area (Å²) in [5.74, 6) is 0.698. The second-order valence-electron chi connectivity index (χ2n) is 9.28. The maximum Gasteiger partial charge on any atom is 0.258 e. The fourth-order valence-corrected chi connectivity index (χ4v) is 4.01. The second-order valence-corrected chi connectivity index (χ2v) is 9.28. The largest absolute Gasteiger partial charge is 0.496 e. The van der Waals surface area contributed by atoms with Crippen LogP contribution in [-0.2, 0) is 0 Å². The molecule has 0 aliphatic carbocycles. The van der Waals surface area contributed by atoms with Crippen LogP contribution in [0, 0.1) is 6.92 Å². The molecule has 0 heterocycles. The summed E-state index contributed by atoms with van der Waals surface area (Å²) in [4.78, 5) is 14.9. The molecule has 204 valence electrons. The zero-order valence-electron chi connectivity index (χ0n) is 24.6. The Morgan fingerprint density at radius 1 is 0.974 bits per heavy atom. The number of aryl methyl sites for hydroxylation is 1. The molecule has 0 unspecified atom stereocenters. The minimum Gasteiger partial charge on any atom is -0.496 e. The summed E-state index contributed by atoms with van der Waals surface area (Å²) >= 11 is 0. The van der Waals surface area contributed by atoms with E-state index in [4.69, 9.17) is 9.47 Å². The van der Waals surface area contributed by atoms with Gasteiger partial charge in [-0.25, -0.2) is 0 Å². The quantitative estimate of drug-likeness (QED) is 0.287. The van der Waals surface area contributed by atoms with Crippen molar-refractivity contribution < 1.29 is 14.3 Å². The van der Waals surface area contributed by atoms with E-state index >= 15 is 0 Å². The Morgan fingerprint density at radius 3 is 2.11 bits per heavy atom. The van der Waals surface area contributed by atoms with E-state index in [-0.39, 0.29) is 5.91 Å². The van der Waals surface area contributed by atoms with Gasteiger partial charge in [0.1, 0.15) is 17.1 Å². The van der Waals surface area contributed by atoms with Gasteiger partial charge in [-0.3, -0.25) is 4.79 Å². The first-order valence-electron chi connectivity index (χ1n) is 13.4. The van der Waals surface area contributed by atoms with Crippen molar-refractivity contribution >= 4 is 22.9 Å². The molecule has 2 aromatic rings. The molecular weight excluding hydrogens is 472 g/mol. The standard InChI is InChI=1S/C33H44N2O3/c1-10-14-15-26(18-23(5)11-2)27-16-17-29(25(7)19-27)35(22-24(6)12-3)28-20-30(37-8)32(31(21-28)38-9)33(36)34-13-4/h10,14-22H,11-13H2,1-9H3,(H,34,36)/b14-10-,23-18+,24-22-,26-15+. The molecule has 0 saturated carbocycles. The third kappa shape index (κ3) is 7.64. The number of methoxy groups -OCH3 is 2. The number of rotatable bonds is 12. The number of hydrogen-bond acceptors (Lipinski definition) is 4. The van der Waals surface area contributed by atoms with Crippen molar-refractivity contribution in [2.75, 3.05) is 25.7 Å².